The minimum atomic E-state index is -1.62. The predicted octanol–water partition coefficient (Wildman–Crippen LogP) is -3.63. The van der Waals surface area contributed by atoms with Crippen LogP contribution in [0.1, 0.15) is 58.6 Å². The van der Waals surface area contributed by atoms with E-state index in [0.29, 0.717) is 19.4 Å². The number of amides is 5. The van der Waals surface area contributed by atoms with E-state index in [9.17, 15) is 43.8 Å². The molecule has 0 bridgehead atoms. The average Bonchev–Trinajstić information content (AvgIpc) is 3.60. The number of nitrogens with one attached hydrogen (secondary N) is 5. The van der Waals surface area contributed by atoms with E-state index in [2.05, 4.69) is 32.5 Å². The molecule has 2 aromatic rings. The van der Waals surface area contributed by atoms with Gasteiger partial charge >= 0.3 is 11.8 Å². The zero-order chi connectivity index (χ0) is 41.7. The number of carbonyl (C=O) groups excluding carboxylic acids is 5. The van der Waals surface area contributed by atoms with E-state index < -0.39 is 84.2 Å². The molecule has 0 spiro atoms. The fraction of sp³-hybridized carbons (Fsp3) is 0.636. The van der Waals surface area contributed by atoms with Crippen molar-refractivity contribution in [1.29, 1.82) is 0 Å². The van der Waals surface area contributed by atoms with E-state index in [1.165, 1.54) is 13.1 Å². The van der Waals surface area contributed by atoms with Gasteiger partial charge in [0.2, 0.25) is 29.6 Å². The number of carbonyl (C=O) groups is 5. The number of hydrogen-bond acceptors (Lipinski definition) is 15. The highest BCUT2D eigenvalue weighted by molar-refractivity contribution is 5.92. The van der Waals surface area contributed by atoms with Crippen LogP contribution in [0, 0.1) is 5.92 Å². The number of nitrogens with zero attached hydrogens (tertiary/aromatic N) is 4. The first-order valence-corrected chi connectivity index (χ1v) is 18.1. The summed E-state index contributed by atoms with van der Waals surface area (Å²) < 4.78 is 13.3. The van der Waals surface area contributed by atoms with Crippen LogP contribution in [0.15, 0.2) is 22.2 Å². The topological polar surface area (TPSA) is 346 Å². The van der Waals surface area contributed by atoms with Crippen molar-refractivity contribution in [3.63, 3.8) is 0 Å². The van der Waals surface area contributed by atoms with Gasteiger partial charge in [-0.05, 0) is 38.1 Å². The summed E-state index contributed by atoms with van der Waals surface area (Å²) in [6.45, 7) is 6.35. The van der Waals surface area contributed by atoms with Gasteiger partial charge in [0.1, 0.15) is 24.3 Å². The summed E-state index contributed by atoms with van der Waals surface area (Å²) in [4.78, 5) is 97.6. The molecule has 1 fully saturated rings. The number of anilines is 1. The predicted molar refractivity (Wildman–Crippen MR) is 200 cm³/mol. The number of fused-ring (bicyclic) bond motifs is 1. The lowest BCUT2D eigenvalue weighted by molar-refractivity contribution is -0.133. The third-order valence-electron chi connectivity index (χ3n) is 9.00. The number of unbranched alkanes of at least 4 members (excludes halogenated alkanes) is 1. The molecule has 56 heavy (non-hydrogen) atoms. The Bertz CT molecular complexity index is 1830. The van der Waals surface area contributed by atoms with Crippen LogP contribution in [0.25, 0.3) is 11.2 Å². The standard InChI is InChI=1S/C33H54N12O11/c1-5-14-44-23-26(40-31(35)41-29(23)52)45(32(44)53)30-25(24(49)19(16-46)55-30)56-33(54)43(4)15-13-37-27(50)18(9-6-7-12-34)38-28(51)22(17(2)3)39-20(47)10-8-11-21(48)42-36/h5,17-19,22,24-25,30,46,49H,1,6-16,34,36H2,2-4H3,(H,37,50)(H,38,51)(H,39,47)(H,42,48)(H3,35,40,41,52)/t18-,19?,22-,24?,25?,30?/m0/s1. The number of hydrazine groups is 1. The van der Waals surface area contributed by atoms with E-state index in [1.54, 1.807) is 13.8 Å². The maximum absolute atomic E-state index is 13.6. The molecule has 0 aromatic carbocycles. The zero-order valence-corrected chi connectivity index (χ0v) is 31.7. The first kappa shape index (κ1) is 45.0. The Morgan fingerprint density at radius 2 is 1.80 bits per heavy atom. The van der Waals surface area contributed by atoms with Crippen molar-refractivity contribution in [3.05, 3.63) is 33.5 Å². The summed E-state index contributed by atoms with van der Waals surface area (Å²) in [5.74, 6) is 2.33. The first-order valence-electron chi connectivity index (χ1n) is 18.1. The van der Waals surface area contributed by atoms with Gasteiger partial charge < -0.3 is 52.0 Å². The molecule has 2 aromatic heterocycles. The fourth-order valence-electron chi connectivity index (χ4n) is 5.98. The van der Waals surface area contributed by atoms with Crippen LogP contribution in [0.3, 0.4) is 0 Å². The van der Waals surface area contributed by atoms with E-state index >= 15 is 0 Å². The molecule has 4 unspecified atom stereocenters. The lowest BCUT2D eigenvalue weighted by Crippen LogP contribution is -2.55. The highest BCUT2D eigenvalue weighted by Crippen LogP contribution is 2.33. The third kappa shape index (κ3) is 11.3. The number of nitrogens with two attached hydrogens (primary N) is 3. The molecule has 6 atom stereocenters. The monoisotopic (exact) mass is 794 g/mol. The van der Waals surface area contributed by atoms with Crippen molar-refractivity contribution in [3.8, 4) is 0 Å². The van der Waals surface area contributed by atoms with Crippen LogP contribution in [0.5, 0.6) is 0 Å². The van der Waals surface area contributed by atoms with Gasteiger partial charge in [-0.1, -0.05) is 19.9 Å². The minimum absolute atomic E-state index is 0.0260. The molecule has 23 nitrogen and oxygen atoms in total. The second kappa shape index (κ2) is 21.1. The maximum atomic E-state index is 13.6. The number of likely N-dealkylation sites (N-methyl/N-ethyl adjacent to an activating group) is 1. The van der Waals surface area contributed by atoms with Crippen molar-refractivity contribution in [2.75, 3.05) is 39.0 Å². The molecule has 0 aliphatic carbocycles. The Labute approximate surface area is 321 Å². The van der Waals surface area contributed by atoms with E-state index in [1.807, 2.05) is 5.43 Å². The first-order chi connectivity index (χ1) is 26.6. The summed E-state index contributed by atoms with van der Waals surface area (Å²) in [6.07, 6.45) is -4.19. The molecule has 0 radical (unpaired) electrons. The highest BCUT2D eigenvalue weighted by Gasteiger charge is 2.49. The van der Waals surface area contributed by atoms with Crippen molar-refractivity contribution in [2.45, 2.75) is 95.5 Å². The van der Waals surface area contributed by atoms with Gasteiger partial charge in [0.25, 0.3) is 5.56 Å². The van der Waals surface area contributed by atoms with Gasteiger partial charge in [0.05, 0.1) is 6.61 Å². The second-order valence-corrected chi connectivity index (χ2v) is 13.5. The molecule has 3 heterocycles. The number of aromatic nitrogens is 4. The van der Waals surface area contributed by atoms with Gasteiger partial charge in [-0.15, -0.1) is 6.58 Å². The summed E-state index contributed by atoms with van der Waals surface area (Å²) >= 11 is 0. The molecule has 5 amide bonds. The highest BCUT2D eigenvalue weighted by atomic mass is 16.6. The van der Waals surface area contributed by atoms with Crippen molar-refractivity contribution in [2.24, 2.45) is 17.5 Å². The quantitative estimate of drug-likeness (QED) is 0.0192. The summed E-state index contributed by atoms with van der Waals surface area (Å²) in [7, 11) is 1.35. The molecule has 3 rings (SSSR count). The Morgan fingerprint density at radius 3 is 2.43 bits per heavy atom. The Kier molecular flexibility index (Phi) is 17.0. The van der Waals surface area contributed by atoms with Crippen LogP contribution >= 0.6 is 0 Å². The van der Waals surface area contributed by atoms with Gasteiger partial charge in [0.15, 0.2) is 23.5 Å². The van der Waals surface area contributed by atoms with Crippen LogP contribution in [-0.2, 0) is 35.2 Å². The van der Waals surface area contributed by atoms with E-state index in [-0.39, 0.29) is 68.3 Å². The Morgan fingerprint density at radius 1 is 1.11 bits per heavy atom. The molecule has 1 saturated heterocycles. The summed E-state index contributed by atoms with van der Waals surface area (Å²) in [5.41, 5.74) is 11.4. The minimum Gasteiger partial charge on any atom is -0.438 e. The van der Waals surface area contributed by atoms with Gasteiger partial charge in [-0.25, -0.2) is 20.0 Å². The lowest BCUT2D eigenvalue weighted by Gasteiger charge is -2.26. The normalized spacial score (nSPS) is 18.9. The van der Waals surface area contributed by atoms with Gasteiger partial charge in [-0.3, -0.25) is 38.9 Å². The van der Waals surface area contributed by atoms with Crippen LogP contribution in [0.2, 0.25) is 0 Å². The average molecular weight is 795 g/mol. The molecule has 13 N–H and O–H groups in total. The third-order valence-corrected chi connectivity index (χ3v) is 9.00. The van der Waals surface area contributed by atoms with Crippen LogP contribution < -0.4 is 49.9 Å². The smallest absolute Gasteiger partial charge is 0.410 e. The molecular weight excluding hydrogens is 740 g/mol. The number of imidazole rings is 1. The number of rotatable bonds is 21. The Hall–Kier alpha value is -5.36. The van der Waals surface area contributed by atoms with Crippen molar-refractivity contribution >= 4 is 46.8 Å². The van der Waals surface area contributed by atoms with Crippen molar-refractivity contribution in [1.82, 2.24) is 45.4 Å². The number of nitrogen functional groups attached to an aromatic ring is 1. The zero-order valence-electron chi connectivity index (χ0n) is 31.7. The van der Waals surface area contributed by atoms with Gasteiger partial charge in [0, 0.05) is 39.5 Å². The molecule has 312 valence electrons. The molecule has 1 aliphatic rings. The number of ether oxygens (including phenoxy) is 2. The maximum Gasteiger partial charge on any atom is 0.410 e. The second-order valence-electron chi connectivity index (χ2n) is 13.5. The van der Waals surface area contributed by atoms with E-state index in [4.69, 9.17) is 26.8 Å². The summed E-state index contributed by atoms with van der Waals surface area (Å²) in [6, 6.07) is -2.00. The lowest BCUT2D eigenvalue weighted by atomic mass is 10.0. The van der Waals surface area contributed by atoms with Crippen molar-refractivity contribution < 1.29 is 43.7 Å². The molecule has 0 saturated carbocycles. The number of aliphatic hydroxyl groups is 2. The number of allylic oxidation sites excluding steroid dienone is 1. The van der Waals surface area contributed by atoms with Crippen LogP contribution in [-0.4, -0.2) is 128 Å². The SMILES string of the molecule is C=CCn1c(=O)n(C2OC(CO)C(O)C2OC(=O)N(C)CCNC(=O)[C@H](CCCCN)NC(=O)[C@@H](NC(=O)CCCC(=O)NN)C(C)C)c2nc(N)[nH]c(=O)c21. The van der Waals surface area contributed by atoms with Crippen LogP contribution in [0.4, 0.5) is 10.7 Å². The van der Waals surface area contributed by atoms with E-state index in [0.717, 1.165) is 14.0 Å². The number of H-pyrrole nitrogens is 1. The number of aromatic amines is 1. The number of hydrogen-bond donors (Lipinski definition) is 10. The molecular formula is C33H54N12O11. The Balaban J connectivity index is 1.69. The molecule has 23 heteroatoms. The van der Waals surface area contributed by atoms with Gasteiger partial charge in [-0.2, -0.15) is 4.98 Å². The largest absolute Gasteiger partial charge is 0.438 e. The number of aliphatic hydroxyl groups excluding tert-OH is 2. The molecule has 1 aliphatic heterocycles. The summed E-state index contributed by atoms with van der Waals surface area (Å²) in [5, 5.41) is 28.9. The fourth-order valence-corrected chi connectivity index (χ4v) is 5.98.